The quantitative estimate of drug-likeness (QED) is 0.867. The molecular weight excluding hydrogens is 302 g/mol. The highest BCUT2D eigenvalue weighted by Gasteiger charge is 2.16. The Morgan fingerprint density at radius 1 is 1.04 bits per heavy atom. The van der Waals surface area contributed by atoms with Gasteiger partial charge in [-0.3, -0.25) is 0 Å². The van der Waals surface area contributed by atoms with E-state index in [-0.39, 0.29) is 12.1 Å². The standard InChI is InChI=1S/C20H25NO3/c1-14(2)24-18-8-4-6-16(12-18)15(3)21-13-17-7-5-9-19-20(17)23-11-10-22-19/h4-9,12,14-15,21H,10-11,13H2,1-3H3. The van der Waals surface area contributed by atoms with Crippen molar-refractivity contribution in [2.75, 3.05) is 13.2 Å². The molecule has 0 amide bonds. The first kappa shape index (κ1) is 16.7. The lowest BCUT2D eigenvalue weighted by Gasteiger charge is -2.22. The van der Waals surface area contributed by atoms with Gasteiger partial charge in [-0.2, -0.15) is 0 Å². The Hall–Kier alpha value is -2.20. The van der Waals surface area contributed by atoms with Gasteiger partial charge in [-0.05, 0) is 44.5 Å². The minimum absolute atomic E-state index is 0.177. The van der Waals surface area contributed by atoms with Crippen LogP contribution in [0.1, 0.15) is 37.9 Å². The van der Waals surface area contributed by atoms with Crippen LogP contribution in [0.3, 0.4) is 0 Å². The Morgan fingerprint density at radius 2 is 1.83 bits per heavy atom. The number of para-hydroxylation sites is 1. The summed E-state index contributed by atoms with van der Waals surface area (Å²) in [7, 11) is 0. The van der Waals surface area contributed by atoms with E-state index < -0.39 is 0 Å². The van der Waals surface area contributed by atoms with E-state index in [1.807, 2.05) is 38.1 Å². The highest BCUT2D eigenvalue weighted by Crippen LogP contribution is 2.33. The summed E-state index contributed by atoms with van der Waals surface area (Å²) in [6.45, 7) is 8.17. The van der Waals surface area contributed by atoms with E-state index in [0.717, 1.165) is 29.4 Å². The van der Waals surface area contributed by atoms with E-state index in [9.17, 15) is 0 Å². The fraction of sp³-hybridized carbons (Fsp3) is 0.400. The van der Waals surface area contributed by atoms with E-state index >= 15 is 0 Å². The number of hydrogen-bond acceptors (Lipinski definition) is 4. The second-order valence-electron chi connectivity index (χ2n) is 6.28. The molecule has 1 aliphatic heterocycles. The Balaban J connectivity index is 1.67. The number of fused-ring (bicyclic) bond motifs is 1. The maximum Gasteiger partial charge on any atom is 0.165 e. The molecule has 24 heavy (non-hydrogen) atoms. The summed E-state index contributed by atoms with van der Waals surface area (Å²) >= 11 is 0. The molecule has 0 spiro atoms. The van der Waals surface area contributed by atoms with Gasteiger partial charge >= 0.3 is 0 Å². The molecule has 128 valence electrons. The normalized spacial score (nSPS) is 14.5. The smallest absolute Gasteiger partial charge is 0.165 e. The SMILES string of the molecule is CC(C)Oc1cccc(C(C)NCc2cccc3c2OCCO3)c1. The largest absolute Gasteiger partial charge is 0.491 e. The fourth-order valence-corrected chi connectivity index (χ4v) is 2.78. The molecule has 1 atom stereocenters. The number of benzene rings is 2. The van der Waals surface area contributed by atoms with Crippen molar-refractivity contribution in [3.63, 3.8) is 0 Å². The van der Waals surface area contributed by atoms with Gasteiger partial charge in [0.15, 0.2) is 11.5 Å². The van der Waals surface area contributed by atoms with Crippen LogP contribution in [0.25, 0.3) is 0 Å². The van der Waals surface area contributed by atoms with Crippen LogP contribution in [0, 0.1) is 0 Å². The molecule has 4 nitrogen and oxygen atoms in total. The van der Waals surface area contributed by atoms with E-state index in [1.54, 1.807) is 0 Å². The van der Waals surface area contributed by atoms with Crippen molar-refractivity contribution in [1.29, 1.82) is 0 Å². The average molecular weight is 327 g/mol. The third kappa shape index (κ3) is 4.01. The molecule has 4 heteroatoms. The first-order chi connectivity index (χ1) is 11.6. The predicted molar refractivity (Wildman–Crippen MR) is 94.9 cm³/mol. The van der Waals surface area contributed by atoms with Gasteiger partial charge in [0.05, 0.1) is 6.10 Å². The summed E-state index contributed by atoms with van der Waals surface area (Å²) in [5, 5.41) is 3.55. The summed E-state index contributed by atoms with van der Waals surface area (Å²) in [5.74, 6) is 2.60. The highest BCUT2D eigenvalue weighted by atomic mass is 16.6. The van der Waals surface area contributed by atoms with Crippen molar-refractivity contribution in [2.45, 2.75) is 39.5 Å². The molecule has 2 aromatic rings. The molecular formula is C20H25NO3. The molecule has 2 aromatic carbocycles. The van der Waals surface area contributed by atoms with Crippen LogP contribution in [0.4, 0.5) is 0 Å². The summed E-state index contributed by atoms with van der Waals surface area (Å²) in [6, 6.07) is 14.5. The average Bonchev–Trinajstić information content (AvgIpc) is 2.59. The highest BCUT2D eigenvalue weighted by molar-refractivity contribution is 5.47. The molecule has 0 bridgehead atoms. The van der Waals surface area contributed by atoms with Gasteiger partial charge in [-0.1, -0.05) is 24.3 Å². The van der Waals surface area contributed by atoms with Crippen molar-refractivity contribution >= 4 is 0 Å². The second-order valence-corrected chi connectivity index (χ2v) is 6.28. The number of nitrogens with one attached hydrogen (secondary N) is 1. The topological polar surface area (TPSA) is 39.7 Å². The molecule has 0 saturated heterocycles. The Labute approximate surface area is 143 Å². The van der Waals surface area contributed by atoms with Gasteiger partial charge in [0.2, 0.25) is 0 Å². The summed E-state index contributed by atoms with van der Waals surface area (Å²) in [4.78, 5) is 0. The van der Waals surface area contributed by atoms with Crippen LogP contribution >= 0.6 is 0 Å². The molecule has 1 unspecified atom stereocenters. The molecule has 3 rings (SSSR count). The molecule has 0 aromatic heterocycles. The Bertz CT molecular complexity index is 684. The summed E-state index contributed by atoms with van der Waals surface area (Å²) in [6.07, 6.45) is 0.177. The minimum atomic E-state index is 0.177. The van der Waals surface area contributed by atoms with E-state index in [4.69, 9.17) is 14.2 Å². The molecule has 0 aliphatic carbocycles. The van der Waals surface area contributed by atoms with Crippen LogP contribution < -0.4 is 19.5 Å². The summed E-state index contributed by atoms with van der Waals surface area (Å²) in [5.41, 5.74) is 2.32. The zero-order valence-electron chi connectivity index (χ0n) is 14.5. The minimum Gasteiger partial charge on any atom is -0.491 e. The van der Waals surface area contributed by atoms with Crippen molar-refractivity contribution in [3.8, 4) is 17.2 Å². The van der Waals surface area contributed by atoms with Crippen molar-refractivity contribution < 1.29 is 14.2 Å². The zero-order chi connectivity index (χ0) is 16.9. The van der Waals surface area contributed by atoms with Crippen molar-refractivity contribution in [2.24, 2.45) is 0 Å². The molecule has 1 aliphatic rings. The number of ether oxygens (including phenoxy) is 3. The van der Waals surface area contributed by atoms with Crippen molar-refractivity contribution in [1.82, 2.24) is 5.32 Å². The maximum atomic E-state index is 5.78. The zero-order valence-corrected chi connectivity index (χ0v) is 14.5. The van der Waals surface area contributed by atoms with E-state index in [2.05, 4.69) is 30.4 Å². The van der Waals surface area contributed by atoms with Crippen LogP contribution in [-0.2, 0) is 6.54 Å². The summed E-state index contributed by atoms with van der Waals surface area (Å²) < 4.78 is 17.2. The van der Waals surface area contributed by atoms with Crippen LogP contribution in [-0.4, -0.2) is 19.3 Å². The molecule has 0 saturated carbocycles. The fourth-order valence-electron chi connectivity index (χ4n) is 2.78. The maximum absolute atomic E-state index is 5.78. The second kappa shape index (κ2) is 7.58. The molecule has 1 N–H and O–H groups in total. The number of rotatable bonds is 6. The molecule has 0 fully saturated rings. The van der Waals surface area contributed by atoms with Crippen LogP contribution in [0.5, 0.6) is 17.2 Å². The van der Waals surface area contributed by atoms with Crippen LogP contribution in [0.2, 0.25) is 0 Å². The van der Waals surface area contributed by atoms with E-state index in [0.29, 0.717) is 13.2 Å². The lowest BCUT2D eigenvalue weighted by atomic mass is 10.1. The lowest BCUT2D eigenvalue weighted by Crippen LogP contribution is -2.21. The third-order valence-electron chi connectivity index (χ3n) is 3.98. The van der Waals surface area contributed by atoms with Crippen LogP contribution in [0.15, 0.2) is 42.5 Å². The van der Waals surface area contributed by atoms with Gasteiger partial charge in [-0.25, -0.2) is 0 Å². The lowest BCUT2D eigenvalue weighted by molar-refractivity contribution is 0.169. The number of hydrogen-bond donors (Lipinski definition) is 1. The third-order valence-corrected chi connectivity index (χ3v) is 3.98. The van der Waals surface area contributed by atoms with Gasteiger partial charge in [0, 0.05) is 18.2 Å². The first-order valence-electron chi connectivity index (χ1n) is 8.51. The van der Waals surface area contributed by atoms with Gasteiger partial charge < -0.3 is 19.5 Å². The molecule has 1 heterocycles. The van der Waals surface area contributed by atoms with E-state index in [1.165, 1.54) is 5.56 Å². The van der Waals surface area contributed by atoms with Gasteiger partial charge in [0.25, 0.3) is 0 Å². The van der Waals surface area contributed by atoms with Crippen molar-refractivity contribution in [3.05, 3.63) is 53.6 Å². The van der Waals surface area contributed by atoms with Gasteiger partial charge in [0.1, 0.15) is 19.0 Å². The first-order valence-corrected chi connectivity index (χ1v) is 8.51. The monoisotopic (exact) mass is 327 g/mol. The predicted octanol–water partition coefficient (Wildman–Crippen LogP) is 4.10. The Morgan fingerprint density at radius 3 is 2.67 bits per heavy atom. The Kier molecular flexibility index (Phi) is 5.26. The molecule has 0 radical (unpaired) electrons. The van der Waals surface area contributed by atoms with Gasteiger partial charge in [-0.15, -0.1) is 0 Å².